The van der Waals surface area contributed by atoms with E-state index in [9.17, 15) is 0 Å². The Morgan fingerprint density at radius 3 is 1.48 bits per heavy atom. The van der Waals surface area contributed by atoms with Crippen LogP contribution in [0.15, 0.2) is 206 Å². The Balaban J connectivity index is 0.000000300. The summed E-state index contributed by atoms with van der Waals surface area (Å²) in [4.78, 5) is 10.6. The second-order valence-corrected chi connectivity index (χ2v) is 23.2. The van der Waals surface area contributed by atoms with Crippen molar-refractivity contribution < 1.29 is 51.7 Å². The molecule has 88 heavy (non-hydrogen) atoms. The van der Waals surface area contributed by atoms with Gasteiger partial charge in [-0.25, -0.2) is 9.97 Å². The number of fused-ring (bicyclic) bond motifs is 4. The predicted molar refractivity (Wildman–Crippen MR) is 375 cm³/mol. The molecule has 12 rings (SSSR count). The van der Waals surface area contributed by atoms with Crippen LogP contribution < -0.4 is 0 Å². The molecule has 0 radical (unpaired) electrons. The van der Waals surface area contributed by atoms with E-state index in [1.807, 2.05) is 12.1 Å². The molecule has 9 aromatic carbocycles. The summed E-state index contributed by atoms with van der Waals surface area (Å²) in [7, 11) is 0. The SMILES string of the molecule is CC(C)c1cccc(C(C)C)c1[N-]c1cccc2ccc(-c3cccc4c3C([N-]c3ccccc3)CCC4)nc12.Cc1ccccc1[N-]Cc1ccc2ccccc2c1-c1ccc2cccc([N-]c3c(C(C)C)cccc3C(C)C)c2n1.[CH3-].[CH3-].[CH3-].[CH3-].[Hf+4].[Hf+4]. The second-order valence-electron chi connectivity index (χ2n) is 23.2. The number of aromatic nitrogens is 2. The van der Waals surface area contributed by atoms with Gasteiger partial charge < -0.3 is 51.0 Å². The van der Waals surface area contributed by atoms with Crippen LogP contribution in [0.4, 0.5) is 34.1 Å². The van der Waals surface area contributed by atoms with Crippen molar-refractivity contribution in [1.29, 1.82) is 0 Å². The maximum absolute atomic E-state index is 5.34. The summed E-state index contributed by atoms with van der Waals surface area (Å²) in [5, 5.41) is 25.4. The van der Waals surface area contributed by atoms with Crippen molar-refractivity contribution in [2.75, 3.05) is 0 Å². The van der Waals surface area contributed by atoms with Gasteiger partial charge in [-0.3, -0.25) is 0 Å². The average Bonchev–Trinajstić information content (AvgIpc) is 0.869. The normalized spacial score (nSPS) is 12.3. The van der Waals surface area contributed by atoms with E-state index in [0.717, 1.165) is 97.7 Å². The van der Waals surface area contributed by atoms with Crippen molar-refractivity contribution in [3.63, 3.8) is 0 Å². The van der Waals surface area contributed by atoms with Gasteiger partial charge in [0, 0.05) is 11.1 Å². The molecule has 2 heterocycles. The van der Waals surface area contributed by atoms with E-state index in [-0.39, 0.29) is 87.4 Å². The number of hydrogen-bond donors (Lipinski definition) is 0. The van der Waals surface area contributed by atoms with Crippen molar-refractivity contribution in [1.82, 2.24) is 9.97 Å². The average molecular weight is 1490 g/mol. The Labute approximate surface area is 565 Å². The molecule has 0 N–H and O–H groups in total. The van der Waals surface area contributed by atoms with Crippen molar-refractivity contribution in [2.45, 2.75) is 118 Å². The number of rotatable bonds is 15. The summed E-state index contributed by atoms with van der Waals surface area (Å²) < 4.78 is 0. The third-order valence-corrected chi connectivity index (χ3v) is 16.1. The van der Waals surface area contributed by atoms with E-state index in [0.29, 0.717) is 30.2 Å². The van der Waals surface area contributed by atoms with Gasteiger partial charge in [0.1, 0.15) is 0 Å². The third-order valence-electron chi connectivity index (χ3n) is 16.1. The molecule has 444 valence electrons. The first-order valence-electron chi connectivity index (χ1n) is 29.5. The molecule has 2 aromatic heterocycles. The van der Waals surface area contributed by atoms with Crippen molar-refractivity contribution >= 4 is 66.7 Å². The first-order chi connectivity index (χ1) is 39.9. The van der Waals surface area contributed by atoms with Gasteiger partial charge in [0.15, 0.2) is 0 Å². The number of pyridine rings is 2. The Morgan fingerprint density at radius 1 is 0.443 bits per heavy atom. The van der Waals surface area contributed by atoms with Gasteiger partial charge in [-0.2, -0.15) is 0 Å². The van der Waals surface area contributed by atoms with Crippen molar-refractivity contribution in [2.24, 2.45) is 0 Å². The molecule has 1 aliphatic rings. The minimum Gasteiger partial charge on any atom is -0.680 e. The summed E-state index contributed by atoms with van der Waals surface area (Å²) in [5.41, 5.74) is 22.3. The van der Waals surface area contributed by atoms with Crippen LogP contribution in [0.5, 0.6) is 0 Å². The largest absolute Gasteiger partial charge is 4.00 e. The molecule has 0 aliphatic heterocycles. The maximum Gasteiger partial charge on any atom is 4.00 e. The van der Waals surface area contributed by atoms with Crippen LogP contribution in [0, 0.1) is 36.6 Å². The molecule has 1 atom stereocenters. The van der Waals surface area contributed by atoms with E-state index < -0.39 is 0 Å². The Kier molecular flexibility index (Phi) is 26.5. The summed E-state index contributed by atoms with van der Waals surface area (Å²) in [5.74, 6) is 1.52. The van der Waals surface area contributed by atoms with Crippen LogP contribution in [0.3, 0.4) is 0 Å². The molecule has 0 spiro atoms. The van der Waals surface area contributed by atoms with Crippen LogP contribution in [0.25, 0.3) is 76.4 Å². The minimum absolute atomic E-state index is 0. The van der Waals surface area contributed by atoms with E-state index in [1.165, 1.54) is 55.3 Å². The number of nitrogens with zero attached hydrogens (tertiary/aromatic N) is 6. The summed E-state index contributed by atoms with van der Waals surface area (Å²) in [6.07, 6.45) is 3.29. The zero-order valence-corrected chi connectivity index (χ0v) is 61.2. The second kappa shape index (κ2) is 32.5. The van der Waals surface area contributed by atoms with Gasteiger partial charge in [-0.05, 0) is 81.8 Å². The molecular formula is C80H86Hf2N6. The van der Waals surface area contributed by atoms with E-state index >= 15 is 0 Å². The standard InChI is InChI=1S/C39H37N3.C37H37N3.4CH3.2Hf/c1-25(2)31-16-11-17-32(26(3)4)39(31)42-36-19-10-14-29-22-23-35(41-38(29)36)37-30(21-20-28-13-7-8-15-33(28)37)24-40-34-18-9-6-12-27(34)5;1-24(2)29-17-11-18-30(25(3)4)37(29)40-34-21-10-14-27-22-23-32(39-36(27)34)31-19-8-12-26-13-9-20-33(35(26)31)38-28-15-6-5-7-16-28;;;;;;/h6-23,25-26H,24H2,1-5H3;5-8,10-12,14-19,21-25,33H,9,13,20H2,1-4H3;4*1H3;;/q2*-2;4*-1;2*+4. The summed E-state index contributed by atoms with van der Waals surface area (Å²) in [6.45, 7) is 20.6. The number of para-hydroxylation sites is 6. The summed E-state index contributed by atoms with van der Waals surface area (Å²) >= 11 is 0. The van der Waals surface area contributed by atoms with Crippen LogP contribution in [-0.2, 0) is 64.7 Å². The topological polar surface area (TPSA) is 82.2 Å². The van der Waals surface area contributed by atoms with Crippen LogP contribution in [0.2, 0.25) is 0 Å². The van der Waals surface area contributed by atoms with Crippen LogP contribution in [-0.4, -0.2) is 9.97 Å². The van der Waals surface area contributed by atoms with Gasteiger partial charge in [0.2, 0.25) is 0 Å². The molecule has 11 aromatic rings. The van der Waals surface area contributed by atoms with Gasteiger partial charge >= 0.3 is 51.7 Å². The first-order valence-corrected chi connectivity index (χ1v) is 29.5. The molecule has 0 fully saturated rings. The smallest absolute Gasteiger partial charge is 0.680 e. The first kappa shape index (κ1) is 71.8. The molecule has 8 heteroatoms. The third kappa shape index (κ3) is 15.7. The van der Waals surface area contributed by atoms with Gasteiger partial charge in [0.25, 0.3) is 0 Å². The van der Waals surface area contributed by atoms with E-state index in [4.69, 9.17) is 31.2 Å². The van der Waals surface area contributed by atoms with Crippen molar-refractivity contribution in [3.8, 4) is 22.5 Å². The molecule has 6 nitrogen and oxygen atoms in total. The van der Waals surface area contributed by atoms with Crippen LogP contribution in [0.1, 0.15) is 142 Å². The molecular weight excluding hydrogens is 1400 g/mol. The molecule has 1 unspecified atom stereocenters. The van der Waals surface area contributed by atoms with Crippen LogP contribution >= 0.6 is 0 Å². The molecule has 0 bridgehead atoms. The van der Waals surface area contributed by atoms with Gasteiger partial charge in [-0.1, -0.05) is 302 Å². The van der Waals surface area contributed by atoms with Gasteiger partial charge in [0.05, 0.1) is 22.4 Å². The minimum atomic E-state index is 0. The van der Waals surface area contributed by atoms with Gasteiger partial charge in [-0.15, -0.1) is 40.7 Å². The Bertz CT molecular complexity index is 4000. The van der Waals surface area contributed by atoms with E-state index in [1.54, 1.807) is 0 Å². The molecule has 0 saturated carbocycles. The summed E-state index contributed by atoms with van der Waals surface area (Å²) in [6, 6.07) is 72.9. The number of hydrogen-bond acceptors (Lipinski definition) is 2. The van der Waals surface area contributed by atoms with E-state index in [2.05, 4.69) is 256 Å². The maximum atomic E-state index is 5.34. The quantitative estimate of drug-likeness (QED) is 0.0757. The zero-order chi connectivity index (χ0) is 56.9. The molecule has 0 saturated heterocycles. The van der Waals surface area contributed by atoms with Crippen molar-refractivity contribution in [3.05, 3.63) is 302 Å². The Hall–Kier alpha value is -7.00. The zero-order valence-electron chi connectivity index (χ0n) is 54.0. The molecule has 0 amide bonds. The monoisotopic (exact) mass is 1490 g/mol. The fourth-order valence-corrected chi connectivity index (χ4v) is 11.8. The fraction of sp³-hybridized carbons (Fsp3) is 0.225. The molecule has 1 aliphatic carbocycles. The fourth-order valence-electron chi connectivity index (χ4n) is 11.8. The Morgan fingerprint density at radius 2 is 0.909 bits per heavy atom. The number of aryl methyl sites for hydroxylation is 2. The predicted octanol–water partition coefficient (Wildman–Crippen LogP) is 25.5. The number of benzene rings is 9.